The van der Waals surface area contributed by atoms with Gasteiger partial charge in [-0.2, -0.15) is 0 Å². The Hall–Kier alpha value is -1.26. The maximum Gasteiger partial charge on any atom is 0.140 e. The molecule has 0 aliphatic carbocycles. The lowest BCUT2D eigenvalue weighted by Crippen LogP contribution is -1.96. The van der Waals surface area contributed by atoms with Crippen LogP contribution in [0.1, 0.15) is 17.1 Å². The van der Waals surface area contributed by atoms with Crippen LogP contribution in [0.3, 0.4) is 0 Å². The third kappa shape index (κ3) is 3.37. The van der Waals surface area contributed by atoms with Gasteiger partial charge in [0.15, 0.2) is 0 Å². The van der Waals surface area contributed by atoms with Crippen LogP contribution in [0.25, 0.3) is 0 Å². The van der Waals surface area contributed by atoms with Crippen molar-refractivity contribution in [2.24, 2.45) is 0 Å². The number of rotatable bonds is 3. The Morgan fingerprint density at radius 2 is 2.00 bits per heavy atom. The molecule has 2 N–H and O–H groups in total. The molecule has 0 fully saturated rings. The van der Waals surface area contributed by atoms with Crippen molar-refractivity contribution in [1.29, 1.82) is 0 Å². The Labute approximate surface area is 116 Å². The minimum atomic E-state index is 0.481. The Balaban J connectivity index is 2.11. The highest BCUT2D eigenvalue weighted by molar-refractivity contribution is 7.98. The lowest BCUT2D eigenvalue weighted by atomic mass is 10.2. The highest BCUT2D eigenvalue weighted by atomic mass is 35.5. The molecule has 0 aliphatic rings. The smallest absolute Gasteiger partial charge is 0.140 e. The van der Waals surface area contributed by atoms with Crippen molar-refractivity contribution in [3.05, 3.63) is 46.5 Å². The second-order valence-electron chi connectivity index (χ2n) is 4.08. The molecule has 0 atom stereocenters. The van der Waals surface area contributed by atoms with E-state index in [2.05, 4.69) is 9.97 Å². The fourth-order valence-electron chi connectivity index (χ4n) is 1.59. The van der Waals surface area contributed by atoms with E-state index in [1.165, 1.54) is 0 Å². The van der Waals surface area contributed by atoms with Crippen molar-refractivity contribution < 1.29 is 0 Å². The number of halogens is 1. The average Bonchev–Trinajstić information content (AvgIpc) is 2.26. The van der Waals surface area contributed by atoms with Crippen LogP contribution in [-0.4, -0.2) is 9.97 Å². The number of aromatic nitrogens is 2. The van der Waals surface area contributed by atoms with Crippen LogP contribution in [0.15, 0.2) is 29.2 Å². The first-order valence-electron chi connectivity index (χ1n) is 5.53. The van der Waals surface area contributed by atoms with E-state index in [0.717, 1.165) is 27.7 Å². The molecular formula is C13H14ClN3S. The number of aryl methyl sites for hydroxylation is 2. The van der Waals surface area contributed by atoms with E-state index in [9.17, 15) is 0 Å². The number of hydrogen-bond acceptors (Lipinski definition) is 4. The lowest BCUT2D eigenvalue weighted by molar-refractivity contribution is 0.996. The van der Waals surface area contributed by atoms with E-state index in [0.29, 0.717) is 10.9 Å². The maximum atomic E-state index is 5.96. The summed E-state index contributed by atoms with van der Waals surface area (Å²) in [5.74, 6) is 1.39. The summed E-state index contributed by atoms with van der Waals surface area (Å²) in [4.78, 5) is 9.57. The SMILES string of the molecule is Cc1ccc(SCc2nc(C)cc(Cl)n2)c(N)c1. The molecule has 2 aromatic rings. The Kier molecular flexibility index (Phi) is 4.09. The highest BCUT2D eigenvalue weighted by Crippen LogP contribution is 2.28. The van der Waals surface area contributed by atoms with Crippen molar-refractivity contribution in [2.45, 2.75) is 24.5 Å². The van der Waals surface area contributed by atoms with Crippen LogP contribution < -0.4 is 5.73 Å². The lowest BCUT2D eigenvalue weighted by Gasteiger charge is -2.06. The van der Waals surface area contributed by atoms with Crippen LogP contribution >= 0.6 is 23.4 Å². The summed E-state index contributed by atoms with van der Waals surface area (Å²) in [5, 5.41) is 0.481. The zero-order valence-corrected chi connectivity index (χ0v) is 11.8. The largest absolute Gasteiger partial charge is 0.398 e. The molecule has 5 heteroatoms. The number of thioether (sulfide) groups is 1. The number of nitrogen functional groups attached to an aromatic ring is 1. The van der Waals surface area contributed by atoms with Crippen molar-refractivity contribution in [1.82, 2.24) is 9.97 Å². The molecule has 1 aromatic carbocycles. The topological polar surface area (TPSA) is 51.8 Å². The van der Waals surface area contributed by atoms with Crippen LogP contribution in [0.4, 0.5) is 5.69 Å². The molecule has 0 unspecified atom stereocenters. The van der Waals surface area contributed by atoms with E-state index in [-0.39, 0.29) is 0 Å². The van der Waals surface area contributed by atoms with Gasteiger partial charge in [0.05, 0.1) is 5.75 Å². The van der Waals surface area contributed by atoms with E-state index in [4.69, 9.17) is 17.3 Å². The molecule has 94 valence electrons. The Bertz CT molecular complexity index is 552. The van der Waals surface area contributed by atoms with Crippen molar-refractivity contribution in [3.63, 3.8) is 0 Å². The predicted octanol–water partition coefficient (Wildman–Crippen LogP) is 3.62. The molecule has 1 aromatic heterocycles. The van der Waals surface area contributed by atoms with Crippen molar-refractivity contribution in [2.75, 3.05) is 5.73 Å². The second kappa shape index (κ2) is 5.59. The number of benzene rings is 1. The van der Waals surface area contributed by atoms with E-state index in [1.54, 1.807) is 17.8 Å². The zero-order valence-electron chi connectivity index (χ0n) is 10.3. The highest BCUT2D eigenvalue weighted by Gasteiger charge is 2.04. The maximum absolute atomic E-state index is 5.96. The second-order valence-corrected chi connectivity index (χ2v) is 5.48. The van der Waals surface area contributed by atoms with Gasteiger partial charge in [-0.1, -0.05) is 17.7 Å². The van der Waals surface area contributed by atoms with Crippen molar-refractivity contribution in [3.8, 4) is 0 Å². The van der Waals surface area contributed by atoms with Gasteiger partial charge in [-0.05, 0) is 37.6 Å². The molecule has 0 saturated heterocycles. The first kappa shape index (κ1) is 13.2. The summed E-state index contributed by atoms with van der Waals surface area (Å²) in [7, 11) is 0. The Morgan fingerprint density at radius 1 is 1.22 bits per heavy atom. The quantitative estimate of drug-likeness (QED) is 0.530. The normalized spacial score (nSPS) is 10.6. The first-order valence-corrected chi connectivity index (χ1v) is 6.90. The van der Waals surface area contributed by atoms with Gasteiger partial charge >= 0.3 is 0 Å². The monoisotopic (exact) mass is 279 g/mol. The zero-order chi connectivity index (χ0) is 13.1. The molecular weight excluding hydrogens is 266 g/mol. The van der Waals surface area contributed by atoms with Gasteiger partial charge in [0, 0.05) is 16.3 Å². The van der Waals surface area contributed by atoms with E-state index in [1.807, 2.05) is 32.0 Å². The van der Waals surface area contributed by atoms with Crippen LogP contribution in [-0.2, 0) is 5.75 Å². The molecule has 3 nitrogen and oxygen atoms in total. The van der Waals surface area contributed by atoms with Gasteiger partial charge in [-0.3, -0.25) is 0 Å². The standard InChI is InChI=1S/C13H14ClN3S/c1-8-3-4-11(10(15)5-8)18-7-13-16-9(2)6-12(14)17-13/h3-6H,7,15H2,1-2H3. The first-order chi connectivity index (χ1) is 8.54. The minimum absolute atomic E-state index is 0.481. The fraction of sp³-hybridized carbons (Fsp3) is 0.231. The summed E-state index contributed by atoms with van der Waals surface area (Å²) in [5.41, 5.74) is 8.78. The molecule has 0 saturated carbocycles. The van der Waals surface area contributed by atoms with Gasteiger partial charge in [0.1, 0.15) is 11.0 Å². The van der Waals surface area contributed by atoms with Crippen LogP contribution in [0.5, 0.6) is 0 Å². The number of nitrogens with two attached hydrogens (primary N) is 1. The van der Waals surface area contributed by atoms with Gasteiger partial charge < -0.3 is 5.73 Å². The molecule has 18 heavy (non-hydrogen) atoms. The molecule has 0 spiro atoms. The summed E-state index contributed by atoms with van der Waals surface area (Å²) in [6.07, 6.45) is 0. The third-order valence-corrected chi connectivity index (χ3v) is 3.67. The molecule has 1 heterocycles. The Morgan fingerprint density at radius 3 is 2.67 bits per heavy atom. The van der Waals surface area contributed by atoms with E-state index >= 15 is 0 Å². The van der Waals surface area contributed by atoms with Gasteiger partial charge in [0.25, 0.3) is 0 Å². The number of anilines is 1. The van der Waals surface area contributed by atoms with Crippen LogP contribution in [0.2, 0.25) is 5.15 Å². The molecule has 0 radical (unpaired) electrons. The van der Waals surface area contributed by atoms with E-state index < -0.39 is 0 Å². The van der Waals surface area contributed by atoms with Gasteiger partial charge in [-0.25, -0.2) is 9.97 Å². The summed E-state index contributed by atoms with van der Waals surface area (Å²) in [6.45, 7) is 3.93. The summed E-state index contributed by atoms with van der Waals surface area (Å²) >= 11 is 7.52. The fourth-order valence-corrected chi connectivity index (χ4v) is 2.65. The average molecular weight is 280 g/mol. The predicted molar refractivity (Wildman–Crippen MR) is 76.9 cm³/mol. The summed E-state index contributed by atoms with van der Waals surface area (Å²) in [6, 6.07) is 7.78. The number of hydrogen-bond donors (Lipinski definition) is 1. The van der Waals surface area contributed by atoms with Crippen LogP contribution in [0, 0.1) is 13.8 Å². The summed E-state index contributed by atoms with van der Waals surface area (Å²) < 4.78 is 0. The molecule has 0 bridgehead atoms. The molecule has 0 aliphatic heterocycles. The number of nitrogens with zero attached hydrogens (tertiary/aromatic N) is 2. The molecule has 0 amide bonds. The molecule has 2 rings (SSSR count). The van der Waals surface area contributed by atoms with Crippen molar-refractivity contribution >= 4 is 29.1 Å². The third-order valence-electron chi connectivity index (χ3n) is 2.39. The van der Waals surface area contributed by atoms with Gasteiger partial charge in [0.2, 0.25) is 0 Å². The minimum Gasteiger partial charge on any atom is -0.398 e. The van der Waals surface area contributed by atoms with Gasteiger partial charge in [-0.15, -0.1) is 11.8 Å².